The lowest BCUT2D eigenvalue weighted by molar-refractivity contribution is -0.117. The summed E-state index contributed by atoms with van der Waals surface area (Å²) in [5.41, 5.74) is 2.90. The van der Waals surface area contributed by atoms with Crippen LogP contribution in [0.2, 0.25) is 0 Å². The third kappa shape index (κ3) is 4.44. The Morgan fingerprint density at radius 2 is 1.68 bits per heavy atom. The Morgan fingerprint density at radius 1 is 1.03 bits per heavy atom. The van der Waals surface area contributed by atoms with Gasteiger partial charge in [-0.3, -0.25) is 9.69 Å². The van der Waals surface area contributed by atoms with Crippen LogP contribution in [0.15, 0.2) is 47.4 Å². The predicted octanol–water partition coefficient (Wildman–Crippen LogP) is 3.87. The van der Waals surface area contributed by atoms with Crippen LogP contribution in [-0.4, -0.2) is 45.9 Å². The highest BCUT2D eigenvalue weighted by Crippen LogP contribution is 2.39. The number of hydrogen-bond acceptors (Lipinski definition) is 5. The lowest BCUT2D eigenvalue weighted by Crippen LogP contribution is -2.51. The fraction of sp³-hybridized carbons (Fsp3) is 0.391. The van der Waals surface area contributed by atoms with Crippen LogP contribution < -0.4 is 9.80 Å². The van der Waals surface area contributed by atoms with Crippen LogP contribution in [0.3, 0.4) is 0 Å². The second-order valence-electron chi connectivity index (χ2n) is 8.37. The second-order valence-corrected chi connectivity index (χ2v) is 10.4. The van der Waals surface area contributed by atoms with E-state index < -0.39 is 15.9 Å². The lowest BCUT2D eigenvalue weighted by atomic mass is 10.0. The molecule has 1 aliphatic carbocycles. The van der Waals surface area contributed by atoms with Crippen LogP contribution in [-0.2, 0) is 19.4 Å². The highest BCUT2D eigenvalue weighted by atomic mass is 32.2. The van der Waals surface area contributed by atoms with E-state index in [0.717, 1.165) is 24.0 Å². The minimum Gasteiger partial charge on any atom is -0.449 e. The number of carbonyl (C=O) groups is 2. The maximum Gasteiger partial charge on any atom is 0.414 e. The van der Waals surface area contributed by atoms with Gasteiger partial charge in [0.1, 0.15) is 0 Å². The fourth-order valence-corrected chi connectivity index (χ4v) is 4.53. The van der Waals surface area contributed by atoms with Crippen LogP contribution in [0, 0.1) is 5.92 Å². The predicted molar refractivity (Wildman–Crippen MR) is 119 cm³/mol. The zero-order chi connectivity index (χ0) is 22.3. The Balaban J connectivity index is 1.72. The highest BCUT2D eigenvalue weighted by molar-refractivity contribution is 7.90. The monoisotopic (exact) mass is 442 g/mol. The first-order chi connectivity index (χ1) is 14.6. The van der Waals surface area contributed by atoms with Crippen LogP contribution in [0.4, 0.5) is 16.2 Å². The van der Waals surface area contributed by atoms with Crippen molar-refractivity contribution in [3.05, 3.63) is 42.5 Å². The van der Waals surface area contributed by atoms with E-state index in [2.05, 4.69) is 0 Å². The van der Waals surface area contributed by atoms with Crippen molar-refractivity contribution in [1.29, 1.82) is 0 Å². The standard InChI is InChI=1S/C23H26N2O5S/c1-15-13-24(23(27)30-14-17-4-5-17)22-12-19(8-11-21(22)25(15)16(2)26)18-6-9-20(10-7-18)31(3,28)29/h6-12,15,17H,4-5,13-14H2,1-3H3/t15-/m0/s1. The number of benzene rings is 2. The Morgan fingerprint density at radius 3 is 2.26 bits per heavy atom. The quantitative estimate of drug-likeness (QED) is 0.718. The minimum atomic E-state index is -3.28. The molecule has 1 atom stereocenters. The molecule has 7 nitrogen and oxygen atoms in total. The van der Waals surface area contributed by atoms with E-state index in [-0.39, 0.29) is 16.8 Å². The molecular formula is C23H26N2O5S. The molecule has 0 bridgehead atoms. The first-order valence-electron chi connectivity index (χ1n) is 10.3. The van der Waals surface area contributed by atoms with Crippen molar-refractivity contribution in [2.24, 2.45) is 5.92 Å². The van der Waals surface area contributed by atoms with E-state index in [1.54, 1.807) is 34.1 Å². The first kappa shape index (κ1) is 21.4. The van der Waals surface area contributed by atoms with Gasteiger partial charge >= 0.3 is 6.09 Å². The van der Waals surface area contributed by atoms with Crippen LogP contribution in [0.1, 0.15) is 26.7 Å². The van der Waals surface area contributed by atoms with E-state index >= 15 is 0 Å². The van der Waals surface area contributed by atoms with Crippen LogP contribution in [0.5, 0.6) is 0 Å². The molecular weight excluding hydrogens is 416 g/mol. The molecule has 4 rings (SSSR count). The molecule has 2 amide bonds. The van der Waals surface area contributed by atoms with E-state index in [4.69, 9.17) is 4.74 Å². The number of rotatable bonds is 4. The minimum absolute atomic E-state index is 0.0926. The summed E-state index contributed by atoms with van der Waals surface area (Å²) in [6.45, 7) is 4.18. The van der Waals surface area contributed by atoms with E-state index in [9.17, 15) is 18.0 Å². The zero-order valence-electron chi connectivity index (χ0n) is 17.9. The molecule has 2 aromatic carbocycles. The number of ether oxygens (including phenoxy) is 1. The van der Waals surface area contributed by atoms with Crippen molar-refractivity contribution < 1.29 is 22.7 Å². The molecule has 1 heterocycles. The van der Waals surface area contributed by atoms with Crippen molar-refractivity contribution in [2.75, 3.05) is 29.2 Å². The molecule has 0 radical (unpaired) electrons. The molecule has 164 valence electrons. The summed E-state index contributed by atoms with van der Waals surface area (Å²) in [6.07, 6.45) is 2.94. The van der Waals surface area contributed by atoms with Gasteiger partial charge in [-0.05, 0) is 61.1 Å². The number of carbonyl (C=O) groups excluding carboxylic acids is 2. The Labute approximate surface area is 182 Å². The van der Waals surface area contributed by atoms with Gasteiger partial charge in [0.05, 0.1) is 28.9 Å². The Kier molecular flexibility index (Phi) is 5.51. The van der Waals surface area contributed by atoms with Crippen molar-refractivity contribution >= 4 is 33.2 Å². The van der Waals surface area contributed by atoms with Gasteiger partial charge in [0.25, 0.3) is 0 Å². The number of amides is 2. The van der Waals surface area contributed by atoms with Gasteiger partial charge in [-0.15, -0.1) is 0 Å². The summed E-state index contributed by atoms with van der Waals surface area (Å²) in [4.78, 5) is 28.7. The second kappa shape index (κ2) is 8.00. The molecule has 1 aliphatic heterocycles. The number of hydrogen-bond donors (Lipinski definition) is 0. The van der Waals surface area contributed by atoms with Crippen molar-refractivity contribution in [2.45, 2.75) is 37.6 Å². The molecule has 0 spiro atoms. The molecule has 1 fully saturated rings. The average Bonchev–Trinajstić information content (AvgIpc) is 3.54. The normalized spacial score (nSPS) is 18.5. The summed E-state index contributed by atoms with van der Waals surface area (Å²) in [5, 5.41) is 0. The zero-order valence-corrected chi connectivity index (χ0v) is 18.7. The third-order valence-corrected chi connectivity index (χ3v) is 6.86. The van der Waals surface area contributed by atoms with Gasteiger partial charge < -0.3 is 9.64 Å². The molecule has 8 heteroatoms. The Hall–Kier alpha value is -2.87. The van der Waals surface area contributed by atoms with Gasteiger partial charge in [-0.1, -0.05) is 18.2 Å². The van der Waals surface area contributed by atoms with Gasteiger partial charge in [0.2, 0.25) is 5.91 Å². The maximum atomic E-state index is 12.9. The smallest absolute Gasteiger partial charge is 0.414 e. The van der Waals surface area contributed by atoms with E-state index in [0.29, 0.717) is 30.4 Å². The summed E-state index contributed by atoms with van der Waals surface area (Å²) in [7, 11) is -3.28. The number of sulfone groups is 1. The van der Waals surface area contributed by atoms with Gasteiger partial charge in [0, 0.05) is 19.7 Å². The molecule has 0 unspecified atom stereocenters. The molecule has 2 aliphatic rings. The van der Waals surface area contributed by atoms with Gasteiger partial charge in [0.15, 0.2) is 9.84 Å². The summed E-state index contributed by atoms with van der Waals surface area (Å²) < 4.78 is 29.0. The van der Waals surface area contributed by atoms with E-state index in [1.165, 1.54) is 13.2 Å². The molecule has 0 aromatic heterocycles. The SMILES string of the molecule is CC(=O)N1c2ccc(-c3ccc(S(C)(=O)=O)cc3)cc2N(C(=O)OCC2CC2)C[C@@H]1C. The van der Waals surface area contributed by atoms with Crippen molar-refractivity contribution in [3.8, 4) is 11.1 Å². The third-order valence-electron chi connectivity index (χ3n) is 5.73. The number of anilines is 2. The largest absolute Gasteiger partial charge is 0.449 e. The fourth-order valence-electron chi connectivity index (χ4n) is 3.90. The summed E-state index contributed by atoms with van der Waals surface area (Å²) in [6, 6.07) is 12.0. The molecule has 0 saturated heterocycles. The highest BCUT2D eigenvalue weighted by Gasteiger charge is 2.35. The maximum absolute atomic E-state index is 12.9. The van der Waals surface area contributed by atoms with Gasteiger partial charge in [-0.2, -0.15) is 0 Å². The average molecular weight is 443 g/mol. The molecule has 2 aromatic rings. The lowest BCUT2D eigenvalue weighted by Gasteiger charge is -2.40. The molecule has 31 heavy (non-hydrogen) atoms. The number of nitrogens with zero attached hydrogens (tertiary/aromatic N) is 2. The molecule has 1 saturated carbocycles. The summed E-state index contributed by atoms with van der Waals surface area (Å²) >= 11 is 0. The Bertz CT molecular complexity index is 1120. The van der Waals surface area contributed by atoms with E-state index in [1.807, 2.05) is 25.1 Å². The number of fused-ring (bicyclic) bond motifs is 1. The van der Waals surface area contributed by atoms with Crippen LogP contribution >= 0.6 is 0 Å². The van der Waals surface area contributed by atoms with Crippen molar-refractivity contribution in [3.63, 3.8) is 0 Å². The van der Waals surface area contributed by atoms with Gasteiger partial charge in [-0.25, -0.2) is 13.2 Å². The van der Waals surface area contributed by atoms with Crippen LogP contribution in [0.25, 0.3) is 11.1 Å². The first-order valence-corrected chi connectivity index (χ1v) is 12.2. The summed E-state index contributed by atoms with van der Waals surface area (Å²) in [5.74, 6) is 0.365. The molecule has 0 N–H and O–H groups in total. The van der Waals surface area contributed by atoms with Crippen molar-refractivity contribution in [1.82, 2.24) is 0 Å². The topological polar surface area (TPSA) is 84.0 Å².